The Morgan fingerprint density at radius 2 is 1.83 bits per heavy atom. The lowest BCUT2D eigenvalue weighted by Gasteiger charge is -2.23. The van der Waals surface area contributed by atoms with E-state index in [1.807, 2.05) is 13.8 Å². The zero-order chi connectivity index (χ0) is 20.3. The van der Waals surface area contributed by atoms with Gasteiger partial charge in [0.25, 0.3) is 0 Å². The van der Waals surface area contributed by atoms with Crippen LogP contribution in [0.2, 0.25) is 0 Å². The molecule has 0 amide bonds. The van der Waals surface area contributed by atoms with E-state index >= 15 is 0 Å². The fourth-order valence-electron chi connectivity index (χ4n) is 5.25. The average molecular weight is 407 g/mol. The van der Waals surface area contributed by atoms with E-state index in [1.165, 1.54) is 47.8 Å². The molecule has 1 aliphatic rings. The number of benzene rings is 2. The van der Waals surface area contributed by atoms with E-state index in [4.69, 9.17) is 4.98 Å². The van der Waals surface area contributed by atoms with Gasteiger partial charge in [-0.2, -0.15) is 3.89 Å². The van der Waals surface area contributed by atoms with Crippen molar-refractivity contribution >= 4 is 39.5 Å². The van der Waals surface area contributed by atoms with Crippen molar-refractivity contribution in [3.05, 3.63) is 58.9 Å². The molecule has 0 spiro atoms. The highest BCUT2D eigenvalue weighted by molar-refractivity contribution is 7.95. The van der Waals surface area contributed by atoms with Gasteiger partial charge in [0.05, 0.1) is 28.1 Å². The second-order valence-electron chi connectivity index (χ2n) is 9.06. The molecule has 29 heavy (non-hydrogen) atoms. The summed E-state index contributed by atoms with van der Waals surface area (Å²) in [4.78, 5) is 5.11. The number of aryl methyl sites for hydroxylation is 2. The third-order valence-corrected chi connectivity index (χ3v) is 7.26. The van der Waals surface area contributed by atoms with Gasteiger partial charge in [-0.05, 0) is 63.1 Å². The zero-order valence-electron chi connectivity index (χ0n) is 17.6. The van der Waals surface area contributed by atoms with Gasteiger partial charge in [-0.15, -0.1) is 0 Å². The summed E-state index contributed by atoms with van der Waals surface area (Å²) in [5.41, 5.74) is 6.94. The largest absolute Gasteiger partial charge is 0.296 e. The van der Waals surface area contributed by atoms with Gasteiger partial charge in [-0.25, -0.2) is 4.98 Å². The molecule has 2 nitrogen and oxygen atoms in total. The monoisotopic (exact) mass is 406 g/mol. The number of hydrogen-bond donors (Lipinski definition) is 0. The number of rotatable bonds is 3. The third-order valence-electron chi connectivity index (χ3n) is 6.65. The van der Waals surface area contributed by atoms with Crippen molar-refractivity contribution in [1.82, 2.24) is 9.38 Å². The first kappa shape index (κ1) is 18.9. The second kappa shape index (κ2) is 6.73. The van der Waals surface area contributed by atoms with Crippen molar-refractivity contribution in [3.8, 4) is 0 Å². The first-order valence-corrected chi connectivity index (χ1v) is 11.3. The highest BCUT2D eigenvalue weighted by Crippen LogP contribution is 2.45. The van der Waals surface area contributed by atoms with Crippen LogP contribution in [0.25, 0.3) is 27.3 Å². The molecule has 2 aromatic heterocycles. The Labute approximate surface area is 175 Å². The Morgan fingerprint density at radius 3 is 2.55 bits per heavy atom. The fraction of sp³-hybridized carbons (Fsp3) is 0.400. The Kier molecular flexibility index (Phi) is 4.39. The average Bonchev–Trinajstić information content (AvgIpc) is 3.34. The van der Waals surface area contributed by atoms with Crippen LogP contribution in [0.4, 0.5) is 3.89 Å². The lowest BCUT2D eigenvalue weighted by molar-refractivity contribution is 0.688. The standard InChI is InChI=1S/C25H27FN2S/c1-15-12-13-18-19-10-7-11-20(25(3,4)29-26)22(19)24-27-16(2)23(17-8-5-6-9-17)28(24)21(18)14-15/h7,10-14,17H,5-6,8-9H2,1-4H3. The number of nitrogens with zero attached hydrogens (tertiary/aromatic N) is 2. The zero-order valence-corrected chi connectivity index (χ0v) is 18.4. The van der Waals surface area contributed by atoms with E-state index in [-0.39, 0.29) is 0 Å². The maximum Gasteiger partial charge on any atom is 0.146 e. The lowest BCUT2D eigenvalue weighted by Crippen LogP contribution is -2.12. The maximum atomic E-state index is 14.0. The predicted octanol–water partition coefficient (Wildman–Crippen LogP) is 7.77. The van der Waals surface area contributed by atoms with Gasteiger partial charge in [0.2, 0.25) is 0 Å². The van der Waals surface area contributed by atoms with Crippen LogP contribution in [-0.2, 0) is 4.75 Å². The first-order chi connectivity index (χ1) is 13.9. The molecule has 0 saturated heterocycles. The number of aromatic nitrogens is 2. The van der Waals surface area contributed by atoms with Crippen molar-refractivity contribution in [2.24, 2.45) is 0 Å². The minimum Gasteiger partial charge on any atom is -0.296 e. The molecule has 2 heterocycles. The summed E-state index contributed by atoms with van der Waals surface area (Å²) in [6.07, 6.45) is 5.04. The molecule has 0 unspecified atom stereocenters. The lowest BCUT2D eigenvalue weighted by atomic mass is 9.93. The number of hydrogen-bond acceptors (Lipinski definition) is 2. The molecule has 1 saturated carbocycles. The molecular weight excluding hydrogens is 379 g/mol. The summed E-state index contributed by atoms with van der Waals surface area (Å²) >= 11 is 0.411. The number of fused-ring (bicyclic) bond motifs is 6. The van der Waals surface area contributed by atoms with E-state index in [0.29, 0.717) is 18.1 Å². The first-order valence-electron chi connectivity index (χ1n) is 10.6. The maximum absolute atomic E-state index is 14.0. The molecule has 1 aliphatic carbocycles. The predicted molar refractivity (Wildman–Crippen MR) is 123 cm³/mol. The topological polar surface area (TPSA) is 17.3 Å². The van der Waals surface area contributed by atoms with E-state index in [1.54, 1.807) is 0 Å². The molecule has 5 rings (SSSR count). The smallest absolute Gasteiger partial charge is 0.146 e. The van der Waals surface area contributed by atoms with Gasteiger partial charge >= 0.3 is 0 Å². The Balaban J connectivity index is 2.03. The Hall–Kier alpha value is -2.07. The fourth-order valence-corrected chi connectivity index (χ4v) is 5.50. The minimum atomic E-state index is -0.633. The number of halogens is 1. The highest BCUT2D eigenvalue weighted by Gasteiger charge is 2.29. The highest BCUT2D eigenvalue weighted by atomic mass is 32.2. The number of pyridine rings is 1. The van der Waals surface area contributed by atoms with Gasteiger partial charge < -0.3 is 0 Å². The summed E-state index contributed by atoms with van der Waals surface area (Å²) in [5, 5.41) is 3.47. The third kappa shape index (κ3) is 2.79. The van der Waals surface area contributed by atoms with Crippen LogP contribution in [0, 0.1) is 13.8 Å². The SMILES string of the molecule is Cc1ccc2c3cccc(C(C)(C)SF)c3c3nc(C)c(C4CCCC4)n3c2c1. The van der Waals surface area contributed by atoms with Crippen LogP contribution in [-0.4, -0.2) is 9.38 Å². The van der Waals surface area contributed by atoms with Crippen molar-refractivity contribution < 1.29 is 3.89 Å². The van der Waals surface area contributed by atoms with Gasteiger partial charge in [-0.1, -0.05) is 43.2 Å². The number of imidazole rings is 1. The van der Waals surface area contributed by atoms with Crippen LogP contribution in [0.5, 0.6) is 0 Å². The van der Waals surface area contributed by atoms with Gasteiger partial charge in [-0.3, -0.25) is 4.40 Å². The molecule has 0 radical (unpaired) electrons. The van der Waals surface area contributed by atoms with Gasteiger partial charge in [0, 0.05) is 22.4 Å². The van der Waals surface area contributed by atoms with Gasteiger partial charge in [0.1, 0.15) is 5.65 Å². The summed E-state index contributed by atoms with van der Waals surface area (Å²) in [6, 6.07) is 13.0. The second-order valence-corrected chi connectivity index (χ2v) is 10.2. The van der Waals surface area contributed by atoms with E-state index < -0.39 is 4.75 Å². The van der Waals surface area contributed by atoms with Crippen molar-refractivity contribution in [2.45, 2.75) is 64.0 Å². The molecule has 1 fully saturated rings. The normalized spacial score (nSPS) is 15.9. The summed E-state index contributed by atoms with van der Waals surface area (Å²) in [6.45, 7) is 8.20. The minimum absolute atomic E-state index is 0.411. The van der Waals surface area contributed by atoms with Crippen molar-refractivity contribution in [3.63, 3.8) is 0 Å². The van der Waals surface area contributed by atoms with Crippen molar-refractivity contribution in [1.29, 1.82) is 0 Å². The Bertz CT molecular complexity index is 1250. The summed E-state index contributed by atoms with van der Waals surface area (Å²) < 4.78 is 15.7. The molecule has 4 heteroatoms. The summed E-state index contributed by atoms with van der Waals surface area (Å²) in [7, 11) is 0. The Morgan fingerprint density at radius 1 is 1.07 bits per heavy atom. The summed E-state index contributed by atoms with van der Waals surface area (Å²) in [5.74, 6) is 0.557. The molecule has 150 valence electrons. The van der Waals surface area contributed by atoms with Crippen LogP contribution < -0.4 is 0 Å². The van der Waals surface area contributed by atoms with Crippen LogP contribution in [0.1, 0.15) is 68.0 Å². The van der Waals surface area contributed by atoms with E-state index in [9.17, 15) is 3.89 Å². The van der Waals surface area contributed by atoms with E-state index in [0.717, 1.165) is 27.7 Å². The molecular formula is C25H27FN2S. The molecule has 0 bridgehead atoms. The molecule has 0 N–H and O–H groups in total. The molecule has 4 aromatic rings. The van der Waals surface area contributed by atoms with Gasteiger partial charge in [0.15, 0.2) is 0 Å². The van der Waals surface area contributed by atoms with Crippen LogP contribution in [0.15, 0.2) is 36.4 Å². The molecule has 0 atom stereocenters. The van der Waals surface area contributed by atoms with Crippen LogP contribution >= 0.6 is 12.1 Å². The van der Waals surface area contributed by atoms with Crippen LogP contribution in [0.3, 0.4) is 0 Å². The molecule has 0 aliphatic heterocycles. The van der Waals surface area contributed by atoms with E-state index in [2.05, 4.69) is 54.6 Å². The quantitative estimate of drug-likeness (QED) is 0.323. The van der Waals surface area contributed by atoms with Crippen molar-refractivity contribution in [2.75, 3.05) is 0 Å². The molecule has 2 aromatic carbocycles.